The van der Waals surface area contributed by atoms with E-state index in [-0.39, 0.29) is 10.8 Å². The Bertz CT molecular complexity index is 740. The summed E-state index contributed by atoms with van der Waals surface area (Å²) in [4.78, 5) is 14.6. The van der Waals surface area contributed by atoms with Gasteiger partial charge in [0.1, 0.15) is 0 Å². The summed E-state index contributed by atoms with van der Waals surface area (Å²) >= 11 is 5.92. The second kappa shape index (κ2) is 9.37. The molecule has 0 radical (unpaired) electrons. The Morgan fingerprint density at radius 2 is 1.74 bits per heavy atom. The maximum atomic E-state index is 12.7. The van der Waals surface area contributed by atoms with E-state index in [1.807, 2.05) is 4.90 Å². The summed E-state index contributed by atoms with van der Waals surface area (Å²) in [7, 11) is -3.54. The number of nitrogens with one attached hydrogen (secondary N) is 1. The highest BCUT2D eigenvalue weighted by atomic mass is 35.5. The number of carbonyl (C=O) groups is 1. The molecule has 0 aromatic heterocycles. The molecule has 1 aliphatic carbocycles. The van der Waals surface area contributed by atoms with Crippen LogP contribution in [0.25, 0.3) is 0 Å². The van der Waals surface area contributed by atoms with Gasteiger partial charge in [0.25, 0.3) is 0 Å². The van der Waals surface area contributed by atoms with E-state index in [1.165, 1.54) is 36.1 Å². The van der Waals surface area contributed by atoms with Crippen LogP contribution in [0.4, 0.5) is 0 Å². The van der Waals surface area contributed by atoms with E-state index < -0.39 is 10.0 Å². The average Bonchev–Trinajstić information content (AvgIpc) is 2.91. The third kappa shape index (κ3) is 5.67. The Morgan fingerprint density at radius 1 is 1.07 bits per heavy atom. The first-order chi connectivity index (χ1) is 12.9. The molecule has 1 aromatic rings. The van der Waals surface area contributed by atoms with Gasteiger partial charge < -0.3 is 5.32 Å². The number of piperazine rings is 1. The molecule has 2 fully saturated rings. The van der Waals surface area contributed by atoms with Crippen LogP contribution in [0.5, 0.6) is 0 Å². The van der Waals surface area contributed by atoms with Gasteiger partial charge in [-0.2, -0.15) is 4.31 Å². The maximum absolute atomic E-state index is 12.7. The number of carbonyl (C=O) groups excluding carboxylic acids is 1. The van der Waals surface area contributed by atoms with Crippen LogP contribution in [0.2, 0.25) is 5.02 Å². The predicted molar refractivity (Wildman–Crippen MR) is 106 cm³/mol. The number of sulfonamides is 1. The van der Waals surface area contributed by atoms with Crippen LogP contribution in [0, 0.1) is 0 Å². The predicted octanol–water partition coefficient (Wildman–Crippen LogP) is 2.49. The van der Waals surface area contributed by atoms with Crippen LogP contribution in [0.1, 0.15) is 38.5 Å². The minimum atomic E-state index is -3.54. The summed E-state index contributed by atoms with van der Waals surface area (Å²) in [6, 6.07) is 6.64. The molecule has 6 nitrogen and oxygen atoms in total. The van der Waals surface area contributed by atoms with Gasteiger partial charge in [0.15, 0.2) is 0 Å². The van der Waals surface area contributed by atoms with Crippen LogP contribution >= 0.6 is 11.6 Å². The third-order valence-corrected chi connectivity index (χ3v) is 7.48. The van der Waals surface area contributed by atoms with E-state index in [9.17, 15) is 13.2 Å². The van der Waals surface area contributed by atoms with E-state index in [0.717, 1.165) is 12.8 Å². The molecule has 0 bridgehead atoms. The number of benzene rings is 1. The van der Waals surface area contributed by atoms with Gasteiger partial charge in [-0.25, -0.2) is 8.42 Å². The molecule has 0 spiro atoms. The van der Waals surface area contributed by atoms with Gasteiger partial charge in [0.05, 0.1) is 11.4 Å². The van der Waals surface area contributed by atoms with Crippen molar-refractivity contribution in [2.75, 3.05) is 32.7 Å². The first-order valence-electron chi connectivity index (χ1n) is 9.72. The highest BCUT2D eigenvalue weighted by molar-refractivity contribution is 7.89. The van der Waals surface area contributed by atoms with E-state index in [2.05, 4.69) is 5.32 Å². The molecule has 1 aromatic carbocycles. The summed E-state index contributed by atoms with van der Waals surface area (Å²) < 4.78 is 26.9. The van der Waals surface area contributed by atoms with E-state index in [4.69, 9.17) is 11.6 Å². The molecular weight excluding hydrogens is 386 g/mol. The van der Waals surface area contributed by atoms with Crippen molar-refractivity contribution in [1.29, 1.82) is 0 Å². The van der Waals surface area contributed by atoms with Crippen molar-refractivity contribution in [3.05, 3.63) is 29.3 Å². The number of nitrogens with zero attached hydrogens (tertiary/aromatic N) is 2. The van der Waals surface area contributed by atoms with Crippen molar-refractivity contribution < 1.29 is 13.2 Å². The average molecular weight is 414 g/mol. The van der Waals surface area contributed by atoms with Crippen molar-refractivity contribution in [3.8, 4) is 0 Å². The highest BCUT2D eigenvalue weighted by Gasteiger charge is 2.29. The molecule has 1 aliphatic heterocycles. The second-order valence-electron chi connectivity index (χ2n) is 7.39. The molecule has 150 valence electrons. The quantitative estimate of drug-likeness (QED) is 0.753. The fourth-order valence-corrected chi connectivity index (χ4v) is 5.53. The maximum Gasteiger partial charge on any atom is 0.243 e. The summed E-state index contributed by atoms with van der Waals surface area (Å²) in [5, 5.41) is 3.56. The normalized spacial score (nSPS) is 20.9. The van der Waals surface area contributed by atoms with Crippen molar-refractivity contribution >= 4 is 27.5 Å². The van der Waals surface area contributed by atoms with Gasteiger partial charge in [-0.15, -0.1) is 0 Å². The van der Waals surface area contributed by atoms with Gasteiger partial charge >= 0.3 is 0 Å². The zero-order valence-electron chi connectivity index (χ0n) is 15.6. The zero-order valence-corrected chi connectivity index (χ0v) is 17.1. The van der Waals surface area contributed by atoms with Crippen molar-refractivity contribution in [2.45, 2.75) is 49.5 Å². The summed E-state index contributed by atoms with van der Waals surface area (Å²) in [5.74, 6) is 0.0491. The lowest BCUT2D eigenvalue weighted by Gasteiger charge is -2.33. The molecule has 2 aliphatic rings. The standard InChI is InChI=1S/C19H28ClN3O3S/c20-16-6-5-9-18(14-16)27(25,26)23-12-10-22(11-13-23)15-19(24)21-17-7-3-1-2-4-8-17/h5-6,9,14,17H,1-4,7-8,10-13,15H2,(H,21,24). The second-order valence-corrected chi connectivity index (χ2v) is 9.77. The Labute approximate surface area is 166 Å². The third-order valence-electron chi connectivity index (χ3n) is 5.35. The number of hydrogen-bond donors (Lipinski definition) is 1. The first-order valence-corrected chi connectivity index (χ1v) is 11.5. The molecule has 0 unspecified atom stereocenters. The Morgan fingerprint density at radius 3 is 2.37 bits per heavy atom. The minimum Gasteiger partial charge on any atom is -0.352 e. The first kappa shape index (κ1) is 20.6. The molecule has 8 heteroatoms. The molecule has 1 heterocycles. The molecule has 1 saturated heterocycles. The topological polar surface area (TPSA) is 69.7 Å². The van der Waals surface area contributed by atoms with E-state index >= 15 is 0 Å². The van der Waals surface area contributed by atoms with Crippen molar-refractivity contribution in [2.24, 2.45) is 0 Å². The Kier molecular flexibility index (Phi) is 7.14. The molecular formula is C19H28ClN3O3S. The van der Waals surface area contributed by atoms with E-state index in [0.29, 0.717) is 43.8 Å². The van der Waals surface area contributed by atoms with Crippen LogP contribution in [-0.4, -0.2) is 62.3 Å². The number of amides is 1. The van der Waals surface area contributed by atoms with Gasteiger partial charge in [0.2, 0.25) is 15.9 Å². The number of halogens is 1. The minimum absolute atomic E-state index is 0.0491. The number of hydrogen-bond acceptors (Lipinski definition) is 4. The van der Waals surface area contributed by atoms with Gasteiger partial charge in [-0.1, -0.05) is 43.4 Å². The van der Waals surface area contributed by atoms with E-state index in [1.54, 1.807) is 18.2 Å². The molecule has 1 N–H and O–H groups in total. The van der Waals surface area contributed by atoms with Crippen molar-refractivity contribution in [1.82, 2.24) is 14.5 Å². The monoisotopic (exact) mass is 413 g/mol. The summed E-state index contributed by atoms with van der Waals surface area (Å²) in [6.45, 7) is 2.20. The van der Waals surface area contributed by atoms with Gasteiger partial charge in [-0.3, -0.25) is 9.69 Å². The fourth-order valence-electron chi connectivity index (χ4n) is 3.80. The Hall–Kier alpha value is -1.15. The lowest BCUT2D eigenvalue weighted by Crippen LogP contribution is -2.51. The highest BCUT2D eigenvalue weighted by Crippen LogP contribution is 2.21. The van der Waals surface area contributed by atoms with Gasteiger partial charge in [-0.05, 0) is 31.0 Å². The Balaban J connectivity index is 1.49. The number of rotatable bonds is 5. The SMILES string of the molecule is O=C(CN1CCN(S(=O)(=O)c2cccc(Cl)c2)CC1)NC1CCCCCC1. The lowest BCUT2D eigenvalue weighted by molar-refractivity contribution is -0.123. The van der Waals surface area contributed by atoms with Crippen LogP contribution in [0.15, 0.2) is 29.2 Å². The molecule has 27 heavy (non-hydrogen) atoms. The summed E-state index contributed by atoms with van der Waals surface area (Å²) in [5.41, 5.74) is 0. The van der Waals surface area contributed by atoms with Crippen molar-refractivity contribution in [3.63, 3.8) is 0 Å². The largest absolute Gasteiger partial charge is 0.352 e. The molecule has 1 amide bonds. The molecule has 3 rings (SSSR count). The van der Waals surface area contributed by atoms with Gasteiger partial charge in [0, 0.05) is 37.2 Å². The molecule has 1 saturated carbocycles. The zero-order chi connectivity index (χ0) is 19.3. The van der Waals surface area contributed by atoms with Crippen LogP contribution in [-0.2, 0) is 14.8 Å². The lowest BCUT2D eigenvalue weighted by atomic mass is 10.1. The smallest absolute Gasteiger partial charge is 0.243 e. The molecule has 0 atom stereocenters. The van der Waals surface area contributed by atoms with Crippen LogP contribution < -0.4 is 5.32 Å². The van der Waals surface area contributed by atoms with Crippen LogP contribution in [0.3, 0.4) is 0 Å². The fraction of sp³-hybridized carbons (Fsp3) is 0.632. The summed E-state index contributed by atoms with van der Waals surface area (Å²) in [6.07, 6.45) is 7.02.